The molecule has 1 atom stereocenters. The van der Waals surface area contributed by atoms with Gasteiger partial charge in [0, 0.05) is 24.7 Å². The molecule has 34 heavy (non-hydrogen) atoms. The van der Waals surface area contributed by atoms with Gasteiger partial charge in [-0.3, -0.25) is 9.59 Å². The smallest absolute Gasteiger partial charge is 0.263 e. The molecule has 1 aliphatic heterocycles. The number of likely N-dealkylation sites (tertiary alicyclic amines) is 1. The number of hydrogen-bond acceptors (Lipinski definition) is 5. The number of rotatable bonds is 7. The lowest BCUT2D eigenvalue weighted by atomic mass is 9.95. The standard InChI is InChI=1S/C25H33N3O5S/c1-16(2)23-10-7-21(15-17(23)3)33-18(4)25(30)28-13-11-19(12-14-28)24(29)27-20-5-8-22(9-6-20)34(26,31)32/h5-10,15-16,18-19H,11-14H2,1-4H3,(H,27,29)(H2,26,31,32). The van der Waals surface area contributed by atoms with Crippen LogP contribution in [0, 0.1) is 12.8 Å². The molecule has 0 aromatic heterocycles. The molecule has 0 saturated carbocycles. The van der Waals surface area contributed by atoms with E-state index in [1.54, 1.807) is 11.8 Å². The number of carbonyl (C=O) groups excluding carboxylic acids is 2. The van der Waals surface area contributed by atoms with Gasteiger partial charge < -0.3 is 15.0 Å². The number of aryl methyl sites for hydroxylation is 1. The number of nitrogens with one attached hydrogen (secondary N) is 1. The first-order valence-corrected chi connectivity index (χ1v) is 13.0. The number of primary sulfonamides is 1. The fourth-order valence-corrected chi connectivity index (χ4v) is 4.73. The van der Waals surface area contributed by atoms with Crippen molar-refractivity contribution in [1.29, 1.82) is 0 Å². The van der Waals surface area contributed by atoms with Gasteiger partial charge in [-0.25, -0.2) is 13.6 Å². The molecule has 3 N–H and O–H groups in total. The number of anilines is 1. The first-order chi connectivity index (χ1) is 16.0. The highest BCUT2D eigenvalue weighted by atomic mass is 32.2. The minimum absolute atomic E-state index is 0.0142. The number of nitrogens with zero attached hydrogens (tertiary/aromatic N) is 1. The summed E-state index contributed by atoms with van der Waals surface area (Å²) < 4.78 is 28.6. The van der Waals surface area contributed by atoms with E-state index >= 15 is 0 Å². The lowest BCUT2D eigenvalue weighted by Gasteiger charge is -2.33. The second-order valence-electron chi connectivity index (χ2n) is 9.09. The predicted octanol–water partition coefficient (Wildman–Crippen LogP) is 3.41. The van der Waals surface area contributed by atoms with Crippen LogP contribution < -0.4 is 15.2 Å². The predicted molar refractivity (Wildman–Crippen MR) is 131 cm³/mol. The summed E-state index contributed by atoms with van der Waals surface area (Å²) in [7, 11) is -3.78. The van der Waals surface area contributed by atoms with Gasteiger partial charge in [0.05, 0.1) is 4.90 Å². The summed E-state index contributed by atoms with van der Waals surface area (Å²) in [5.74, 6) is 0.617. The summed E-state index contributed by atoms with van der Waals surface area (Å²) in [5, 5.41) is 7.90. The molecule has 0 aliphatic carbocycles. The molecule has 1 fully saturated rings. The van der Waals surface area contributed by atoms with Gasteiger partial charge in [0.2, 0.25) is 15.9 Å². The van der Waals surface area contributed by atoms with Crippen LogP contribution in [-0.2, 0) is 19.6 Å². The van der Waals surface area contributed by atoms with Crippen LogP contribution in [0.4, 0.5) is 5.69 Å². The Bertz CT molecular complexity index is 1140. The van der Waals surface area contributed by atoms with Crippen molar-refractivity contribution >= 4 is 27.5 Å². The molecule has 0 radical (unpaired) electrons. The normalized spacial score (nSPS) is 15.8. The van der Waals surface area contributed by atoms with Gasteiger partial charge in [0.1, 0.15) is 5.75 Å². The van der Waals surface area contributed by atoms with Crippen molar-refractivity contribution in [2.24, 2.45) is 11.1 Å². The fraction of sp³-hybridized carbons (Fsp3) is 0.440. The van der Waals surface area contributed by atoms with Gasteiger partial charge in [-0.1, -0.05) is 19.9 Å². The van der Waals surface area contributed by atoms with Crippen molar-refractivity contribution in [3.8, 4) is 5.75 Å². The van der Waals surface area contributed by atoms with Crippen LogP contribution in [0.3, 0.4) is 0 Å². The van der Waals surface area contributed by atoms with Crippen molar-refractivity contribution in [3.63, 3.8) is 0 Å². The summed E-state index contributed by atoms with van der Waals surface area (Å²) >= 11 is 0. The zero-order valence-electron chi connectivity index (χ0n) is 20.1. The van der Waals surface area contributed by atoms with Crippen LogP contribution >= 0.6 is 0 Å². The van der Waals surface area contributed by atoms with E-state index in [0.717, 1.165) is 5.56 Å². The highest BCUT2D eigenvalue weighted by Gasteiger charge is 2.30. The molecule has 3 rings (SSSR count). The van der Waals surface area contributed by atoms with Crippen LogP contribution in [0.25, 0.3) is 0 Å². The molecule has 184 valence electrons. The maximum atomic E-state index is 12.9. The third kappa shape index (κ3) is 6.36. The third-order valence-electron chi connectivity index (χ3n) is 6.15. The Morgan fingerprint density at radius 3 is 2.21 bits per heavy atom. The monoisotopic (exact) mass is 487 g/mol. The average molecular weight is 488 g/mol. The Balaban J connectivity index is 1.51. The Labute approximate surface area is 201 Å². The molecule has 0 bridgehead atoms. The molecule has 2 aromatic carbocycles. The van der Waals surface area contributed by atoms with Crippen LogP contribution in [0.2, 0.25) is 0 Å². The topological polar surface area (TPSA) is 119 Å². The third-order valence-corrected chi connectivity index (χ3v) is 7.08. The Morgan fingerprint density at radius 1 is 1.06 bits per heavy atom. The van der Waals surface area contributed by atoms with E-state index in [9.17, 15) is 18.0 Å². The SMILES string of the molecule is Cc1cc(OC(C)C(=O)N2CCC(C(=O)Nc3ccc(S(N)(=O)=O)cc3)CC2)ccc1C(C)C. The molecule has 1 unspecified atom stereocenters. The number of amides is 2. The van der Waals surface area contributed by atoms with E-state index in [4.69, 9.17) is 9.88 Å². The zero-order valence-corrected chi connectivity index (χ0v) is 20.9. The molecular weight excluding hydrogens is 454 g/mol. The molecule has 2 aromatic rings. The Hall–Kier alpha value is -2.91. The molecular formula is C25H33N3O5S. The first kappa shape index (κ1) is 25.7. The number of carbonyl (C=O) groups is 2. The molecule has 0 spiro atoms. The van der Waals surface area contributed by atoms with Gasteiger partial charge in [0.15, 0.2) is 6.10 Å². The Kier molecular flexibility index (Phi) is 7.99. The van der Waals surface area contributed by atoms with Gasteiger partial charge in [-0.05, 0) is 80.1 Å². The van der Waals surface area contributed by atoms with Crippen molar-refractivity contribution in [3.05, 3.63) is 53.6 Å². The minimum Gasteiger partial charge on any atom is -0.481 e. The van der Waals surface area contributed by atoms with Gasteiger partial charge in [0.25, 0.3) is 5.91 Å². The van der Waals surface area contributed by atoms with Crippen molar-refractivity contribution in [2.75, 3.05) is 18.4 Å². The molecule has 2 amide bonds. The van der Waals surface area contributed by atoms with E-state index < -0.39 is 16.1 Å². The van der Waals surface area contributed by atoms with Crippen LogP contribution in [0.15, 0.2) is 47.4 Å². The number of benzene rings is 2. The maximum Gasteiger partial charge on any atom is 0.263 e. The van der Waals surface area contributed by atoms with Crippen LogP contribution in [0.1, 0.15) is 50.7 Å². The fourth-order valence-electron chi connectivity index (χ4n) is 4.22. The zero-order chi connectivity index (χ0) is 25.0. The van der Waals surface area contributed by atoms with Crippen molar-refractivity contribution < 1.29 is 22.7 Å². The Morgan fingerprint density at radius 2 is 1.68 bits per heavy atom. The molecule has 1 aliphatic rings. The van der Waals surface area contributed by atoms with Gasteiger partial charge in [-0.15, -0.1) is 0 Å². The molecule has 1 saturated heterocycles. The quantitative estimate of drug-likeness (QED) is 0.620. The lowest BCUT2D eigenvalue weighted by Crippen LogP contribution is -2.46. The van der Waals surface area contributed by atoms with Crippen LogP contribution in [0.5, 0.6) is 5.75 Å². The highest BCUT2D eigenvalue weighted by molar-refractivity contribution is 7.89. The first-order valence-electron chi connectivity index (χ1n) is 11.5. The maximum absolute atomic E-state index is 12.9. The van der Waals surface area contributed by atoms with E-state index in [0.29, 0.717) is 43.3 Å². The van der Waals surface area contributed by atoms with E-state index in [1.807, 2.05) is 25.1 Å². The summed E-state index contributed by atoms with van der Waals surface area (Å²) in [4.78, 5) is 27.2. The van der Waals surface area contributed by atoms with Gasteiger partial charge >= 0.3 is 0 Å². The highest BCUT2D eigenvalue weighted by Crippen LogP contribution is 2.25. The van der Waals surface area contributed by atoms with E-state index in [1.165, 1.54) is 29.8 Å². The number of ether oxygens (including phenoxy) is 1. The average Bonchev–Trinajstić information content (AvgIpc) is 2.78. The summed E-state index contributed by atoms with van der Waals surface area (Å²) in [5.41, 5.74) is 2.89. The summed E-state index contributed by atoms with van der Waals surface area (Å²) in [6.45, 7) is 9.02. The summed E-state index contributed by atoms with van der Waals surface area (Å²) in [6, 6.07) is 11.6. The number of sulfonamides is 1. The van der Waals surface area contributed by atoms with Crippen molar-refractivity contribution in [1.82, 2.24) is 4.90 Å². The minimum atomic E-state index is -3.78. The second-order valence-corrected chi connectivity index (χ2v) is 10.7. The number of hydrogen-bond donors (Lipinski definition) is 2. The molecule has 8 nitrogen and oxygen atoms in total. The van der Waals surface area contributed by atoms with E-state index in [-0.39, 0.29) is 22.6 Å². The molecule has 9 heteroatoms. The lowest BCUT2D eigenvalue weighted by molar-refractivity contribution is -0.140. The van der Waals surface area contributed by atoms with Crippen LogP contribution in [-0.4, -0.2) is 44.3 Å². The van der Waals surface area contributed by atoms with Crippen molar-refractivity contribution in [2.45, 2.75) is 57.5 Å². The van der Waals surface area contributed by atoms with Gasteiger partial charge in [-0.2, -0.15) is 0 Å². The van der Waals surface area contributed by atoms with E-state index in [2.05, 4.69) is 19.2 Å². The number of nitrogens with two attached hydrogens (primary N) is 1. The second kappa shape index (κ2) is 10.6. The number of piperidine rings is 1. The summed E-state index contributed by atoms with van der Waals surface area (Å²) in [6.07, 6.45) is 0.468. The largest absolute Gasteiger partial charge is 0.481 e. The molecule has 1 heterocycles.